The predicted octanol–water partition coefficient (Wildman–Crippen LogP) is 7.55. The summed E-state index contributed by atoms with van der Waals surface area (Å²) in [5, 5.41) is 42.7. The lowest BCUT2D eigenvalue weighted by atomic mass is 10.0. The Kier molecular flexibility index (Phi) is 7.95. The summed E-state index contributed by atoms with van der Waals surface area (Å²) in [6.45, 7) is 1.83. The third kappa shape index (κ3) is 6.07. The summed E-state index contributed by atoms with van der Waals surface area (Å²) in [4.78, 5) is 26.5. The van der Waals surface area contributed by atoms with Crippen LogP contribution in [0.4, 0.5) is 34.1 Å². The fourth-order valence-electron chi connectivity index (χ4n) is 4.92. The Morgan fingerprint density at radius 2 is 1.69 bits per heavy atom. The molecule has 45 heavy (non-hydrogen) atoms. The van der Waals surface area contributed by atoms with Crippen molar-refractivity contribution in [2.45, 2.75) is 13.3 Å². The number of anilines is 4. The molecule has 0 saturated carbocycles. The third-order valence-electron chi connectivity index (χ3n) is 7.25. The molecule has 6 rings (SSSR count). The summed E-state index contributed by atoms with van der Waals surface area (Å²) in [5.74, 6) is -0.995. The molecule has 0 fully saturated rings. The number of halogens is 1. The maximum absolute atomic E-state index is 13.3. The highest BCUT2D eigenvalue weighted by atomic mass is 35.5. The van der Waals surface area contributed by atoms with E-state index in [1.165, 1.54) is 13.2 Å². The number of benzene rings is 5. The van der Waals surface area contributed by atoms with Crippen LogP contribution in [0, 0.1) is 6.92 Å². The number of hydrogen-bond donors (Lipinski definition) is 6. The number of amides is 2. The zero-order valence-electron chi connectivity index (χ0n) is 24.1. The van der Waals surface area contributed by atoms with Crippen molar-refractivity contribution in [2.75, 3.05) is 28.4 Å². The molecule has 1 aliphatic rings. The monoisotopic (exact) mass is 622 g/mol. The molecular weight excluding hydrogens is 596 g/mol. The Morgan fingerprint density at radius 3 is 2.51 bits per heavy atom. The summed E-state index contributed by atoms with van der Waals surface area (Å²) in [5.41, 5.74) is 3.74. The van der Waals surface area contributed by atoms with Crippen molar-refractivity contribution in [3.05, 3.63) is 107 Å². The number of methoxy groups -OCH3 is 1. The van der Waals surface area contributed by atoms with Gasteiger partial charge in [-0.25, -0.2) is 0 Å². The topological polar surface area (TPSA) is 157 Å². The summed E-state index contributed by atoms with van der Waals surface area (Å²) in [6.07, 6.45) is -0.903. The van der Waals surface area contributed by atoms with Gasteiger partial charge in [0, 0.05) is 27.3 Å². The molecule has 0 spiro atoms. The van der Waals surface area contributed by atoms with E-state index < -0.39 is 18.2 Å². The van der Waals surface area contributed by atoms with Gasteiger partial charge in [0.05, 0.1) is 24.0 Å². The first kappa shape index (κ1) is 29.4. The van der Waals surface area contributed by atoms with Gasteiger partial charge in [-0.15, -0.1) is 10.2 Å². The van der Waals surface area contributed by atoms with Gasteiger partial charge in [0.25, 0.3) is 11.8 Å². The van der Waals surface area contributed by atoms with E-state index in [2.05, 4.69) is 31.5 Å². The summed E-state index contributed by atoms with van der Waals surface area (Å²) >= 11 is 6.12. The van der Waals surface area contributed by atoms with Gasteiger partial charge in [-0.1, -0.05) is 41.9 Å². The van der Waals surface area contributed by atoms with E-state index in [-0.39, 0.29) is 28.3 Å². The number of ether oxygens (including phenoxy) is 1. The summed E-state index contributed by atoms with van der Waals surface area (Å²) in [6, 6.07) is 23.7. The van der Waals surface area contributed by atoms with Gasteiger partial charge in [0.2, 0.25) is 6.35 Å². The first-order valence-electron chi connectivity index (χ1n) is 13.8. The molecular formula is C33H27ClN6O5. The molecule has 0 radical (unpaired) electrons. The van der Waals surface area contributed by atoms with Crippen molar-refractivity contribution in [1.82, 2.24) is 0 Å². The second kappa shape index (κ2) is 12.2. The van der Waals surface area contributed by atoms with Crippen molar-refractivity contribution in [3.8, 4) is 11.5 Å². The number of azo groups is 1. The molecule has 0 bridgehead atoms. The van der Waals surface area contributed by atoms with E-state index in [0.29, 0.717) is 44.3 Å². The second-order valence-electron chi connectivity index (χ2n) is 10.2. The van der Waals surface area contributed by atoms with Crippen LogP contribution in [0.1, 0.15) is 26.3 Å². The molecule has 12 heteroatoms. The highest BCUT2D eigenvalue weighted by Gasteiger charge is 2.21. The van der Waals surface area contributed by atoms with Crippen molar-refractivity contribution in [2.24, 2.45) is 10.2 Å². The molecule has 0 aromatic heterocycles. The van der Waals surface area contributed by atoms with E-state index in [0.717, 1.165) is 5.56 Å². The number of nitrogens with zero attached hydrogens (tertiary/aromatic N) is 2. The molecule has 1 heterocycles. The number of aryl methyl sites for hydroxylation is 1. The standard InChI is InChI=1S/C33H27ClN6O5/c1-17-7-9-20(34)15-25(17)36-32(43)23-13-18-5-3-4-6-22(18)29(30(23)41)40-39-27-14-19(8-12-28(27)45-2)31(42)35-21-10-11-24-26(16-21)38-33(44)37-24/h3-16,33,37-38,41,44H,1-2H3,(H,35,42)(H,36,43). The average molecular weight is 623 g/mol. The fourth-order valence-corrected chi connectivity index (χ4v) is 5.10. The first-order valence-corrected chi connectivity index (χ1v) is 14.2. The van der Waals surface area contributed by atoms with Gasteiger partial charge in [0.15, 0.2) is 5.75 Å². The molecule has 1 atom stereocenters. The number of aliphatic hydroxyl groups excluding tert-OH is 1. The zero-order chi connectivity index (χ0) is 31.7. The largest absolute Gasteiger partial charge is 0.505 e. The van der Waals surface area contributed by atoms with Crippen LogP contribution in [0.3, 0.4) is 0 Å². The van der Waals surface area contributed by atoms with Crippen LogP contribution in [0.15, 0.2) is 95.2 Å². The first-order chi connectivity index (χ1) is 21.7. The maximum Gasteiger partial charge on any atom is 0.259 e. The second-order valence-corrected chi connectivity index (χ2v) is 10.7. The number of phenolic OH excluding ortho intramolecular Hbond substituents is 1. The lowest BCUT2D eigenvalue weighted by molar-refractivity contribution is 0.101. The van der Waals surface area contributed by atoms with Crippen molar-refractivity contribution < 1.29 is 24.5 Å². The maximum atomic E-state index is 13.3. The Balaban J connectivity index is 1.32. The van der Waals surface area contributed by atoms with Crippen molar-refractivity contribution >= 4 is 68.3 Å². The minimum absolute atomic E-state index is 0.00586. The van der Waals surface area contributed by atoms with E-state index in [1.54, 1.807) is 72.8 Å². The number of nitrogens with one attached hydrogen (secondary N) is 4. The highest BCUT2D eigenvalue weighted by Crippen LogP contribution is 2.41. The Morgan fingerprint density at radius 1 is 0.889 bits per heavy atom. The van der Waals surface area contributed by atoms with E-state index in [9.17, 15) is 19.8 Å². The van der Waals surface area contributed by atoms with Gasteiger partial charge in [0.1, 0.15) is 17.1 Å². The average Bonchev–Trinajstić information content (AvgIpc) is 3.41. The van der Waals surface area contributed by atoms with Gasteiger partial charge in [-0.2, -0.15) is 0 Å². The van der Waals surface area contributed by atoms with Gasteiger partial charge in [-0.05, 0) is 72.5 Å². The van der Waals surface area contributed by atoms with Crippen LogP contribution in [-0.4, -0.2) is 35.5 Å². The normalized spacial score (nSPS) is 13.6. The lowest BCUT2D eigenvalue weighted by Crippen LogP contribution is -2.20. The molecule has 5 aromatic rings. The number of rotatable bonds is 7. The zero-order valence-corrected chi connectivity index (χ0v) is 24.8. The molecule has 11 nitrogen and oxygen atoms in total. The molecule has 226 valence electrons. The smallest absolute Gasteiger partial charge is 0.259 e. The summed E-state index contributed by atoms with van der Waals surface area (Å²) in [7, 11) is 1.46. The molecule has 0 aliphatic carbocycles. The molecule has 6 N–H and O–H groups in total. The number of aliphatic hydroxyl groups is 1. The summed E-state index contributed by atoms with van der Waals surface area (Å²) < 4.78 is 5.45. The molecule has 0 saturated heterocycles. The Labute approximate surface area is 262 Å². The van der Waals surface area contributed by atoms with E-state index in [4.69, 9.17) is 16.3 Å². The van der Waals surface area contributed by atoms with Crippen molar-refractivity contribution in [1.29, 1.82) is 0 Å². The van der Waals surface area contributed by atoms with Gasteiger partial charge in [-0.3, -0.25) is 9.59 Å². The predicted molar refractivity (Wildman–Crippen MR) is 175 cm³/mol. The van der Waals surface area contributed by atoms with Gasteiger partial charge >= 0.3 is 0 Å². The lowest BCUT2D eigenvalue weighted by Gasteiger charge is -2.13. The van der Waals surface area contributed by atoms with Crippen molar-refractivity contribution in [3.63, 3.8) is 0 Å². The van der Waals surface area contributed by atoms with Crippen LogP contribution < -0.4 is 26.0 Å². The Hall–Kier alpha value is -5.65. The van der Waals surface area contributed by atoms with Crippen LogP contribution >= 0.6 is 11.6 Å². The van der Waals surface area contributed by atoms with E-state index >= 15 is 0 Å². The van der Waals surface area contributed by atoms with Crippen LogP contribution in [0.2, 0.25) is 5.02 Å². The van der Waals surface area contributed by atoms with Crippen LogP contribution in [0.25, 0.3) is 10.8 Å². The number of fused-ring (bicyclic) bond motifs is 2. The fraction of sp³-hybridized carbons (Fsp3) is 0.0909. The van der Waals surface area contributed by atoms with E-state index in [1.807, 2.05) is 13.0 Å². The van der Waals surface area contributed by atoms with Crippen LogP contribution in [-0.2, 0) is 0 Å². The molecule has 1 unspecified atom stereocenters. The van der Waals surface area contributed by atoms with Gasteiger partial charge < -0.3 is 36.2 Å². The Bertz CT molecular complexity index is 2010. The number of carbonyl (C=O) groups excluding carboxylic acids is 2. The minimum atomic E-state index is -0.903. The molecule has 5 aromatic carbocycles. The number of phenols is 1. The SMILES string of the molecule is COc1ccc(C(=O)Nc2ccc3c(c2)NC(O)N3)cc1N=Nc1c(O)c(C(=O)Nc2cc(Cl)ccc2C)cc2ccccc12. The number of hydrogen-bond acceptors (Lipinski definition) is 9. The third-order valence-corrected chi connectivity index (χ3v) is 7.48. The number of carbonyl (C=O) groups is 2. The molecule has 1 aliphatic heterocycles. The van der Waals surface area contributed by atoms with Crippen LogP contribution in [0.5, 0.6) is 11.5 Å². The minimum Gasteiger partial charge on any atom is -0.505 e. The quantitative estimate of drug-likeness (QED) is 0.102. The number of aromatic hydroxyl groups is 1. The molecule has 2 amide bonds. The highest BCUT2D eigenvalue weighted by molar-refractivity contribution is 6.31.